The number of hydrogen-bond donors (Lipinski definition) is 0. The quantitative estimate of drug-likeness (QED) is 0.670. The van der Waals surface area contributed by atoms with E-state index in [9.17, 15) is 8.42 Å². The molecule has 0 aliphatic carbocycles. The molecule has 0 N–H and O–H groups in total. The van der Waals surface area contributed by atoms with Crippen LogP contribution in [0.15, 0.2) is 52.1 Å². The first-order valence-electron chi connectivity index (χ1n) is 6.04. The number of rotatable bonds is 2. The molecule has 3 aromatic rings. The van der Waals surface area contributed by atoms with E-state index in [4.69, 9.17) is 11.6 Å². The summed E-state index contributed by atoms with van der Waals surface area (Å²) in [6.07, 6.45) is 2.96. The number of aryl methyl sites for hydroxylation is 1. The molecule has 0 amide bonds. The van der Waals surface area contributed by atoms with Crippen LogP contribution >= 0.6 is 27.5 Å². The predicted molar refractivity (Wildman–Crippen MR) is 86.2 cm³/mol. The summed E-state index contributed by atoms with van der Waals surface area (Å²) in [6.45, 7) is 1.90. The number of pyridine rings is 1. The number of benzene rings is 1. The van der Waals surface area contributed by atoms with E-state index in [1.165, 1.54) is 12.4 Å². The van der Waals surface area contributed by atoms with Gasteiger partial charge < -0.3 is 0 Å². The summed E-state index contributed by atoms with van der Waals surface area (Å²) in [5.41, 5.74) is 1.31. The van der Waals surface area contributed by atoms with E-state index < -0.39 is 10.0 Å². The van der Waals surface area contributed by atoms with Gasteiger partial charge in [0, 0.05) is 17.8 Å². The standard InChI is InChI=1S/C14H10BrClN2O2S/c1-9-2-4-10(5-3-9)21(19,20)18-7-6-11-13(16)12(15)8-17-14(11)18/h2-8H,1H3. The highest BCUT2D eigenvalue weighted by atomic mass is 79.9. The Labute approximate surface area is 135 Å². The van der Waals surface area contributed by atoms with Gasteiger partial charge in [-0.3, -0.25) is 0 Å². The molecule has 0 aliphatic heterocycles. The van der Waals surface area contributed by atoms with Crippen molar-refractivity contribution in [2.45, 2.75) is 11.8 Å². The number of nitrogens with zero attached hydrogens (tertiary/aromatic N) is 2. The monoisotopic (exact) mass is 384 g/mol. The molecule has 7 heteroatoms. The molecule has 0 fully saturated rings. The van der Waals surface area contributed by atoms with Crippen molar-refractivity contribution in [2.75, 3.05) is 0 Å². The second-order valence-corrected chi connectivity index (χ2v) is 7.63. The highest BCUT2D eigenvalue weighted by Crippen LogP contribution is 2.31. The fourth-order valence-corrected chi connectivity index (χ4v) is 3.84. The summed E-state index contributed by atoms with van der Waals surface area (Å²) in [5, 5.41) is 1.03. The minimum Gasteiger partial charge on any atom is -0.236 e. The highest BCUT2D eigenvalue weighted by molar-refractivity contribution is 9.10. The van der Waals surface area contributed by atoms with Crippen molar-refractivity contribution in [1.29, 1.82) is 0 Å². The lowest BCUT2D eigenvalue weighted by Crippen LogP contribution is -2.12. The molecule has 0 saturated carbocycles. The van der Waals surface area contributed by atoms with Crippen molar-refractivity contribution < 1.29 is 8.42 Å². The maximum absolute atomic E-state index is 12.7. The van der Waals surface area contributed by atoms with Crippen LogP contribution in [0.25, 0.3) is 11.0 Å². The Morgan fingerprint density at radius 2 is 1.86 bits per heavy atom. The molecular formula is C14H10BrClN2O2S. The Bertz CT molecular complexity index is 934. The molecular weight excluding hydrogens is 376 g/mol. The molecule has 0 spiro atoms. The van der Waals surface area contributed by atoms with Gasteiger partial charge in [0.1, 0.15) is 0 Å². The van der Waals surface area contributed by atoms with Crippen molar-refractivity contribution in [1.82, 2.24) is 8.96 Å². The van der Waals surface area contributed by atoms with Gasteiger partial charge in [-0.1, -0.05) is 29.3 Å². The van der Waals surface area contributed by atoms with Crippen LogP contribution in [0.1, 0.15) is 5.56 Å². The number of hydrogen-bond acceptors (Lipinski definition) is 3. The minimum absolute atomic E-state index is 0.214. The van der Waals surface area contributed by atoms with Crippen LogP contribution < -0.4 is 0 Å². The first-order valence-corrected chi connectivity index (χ1v) is 8.65. The molecule has 1 aromatic carbocycles. The maximum atomic E-state index is 12.7. The highest BCUT2D eigenvalue weighted by Gasteiger charge is 2.20. The van der Waals surface area contributed by atoms with E-state index in [-0.39, 0.29) is 4.90 Å². The largest absolute Gasteiger partial charge is 0.269 e. The topological polar surface area (TPSA) is 52.0 Å². The Morgan fingerprint density at radius 3 is 2.52 bits per heavy atom. The lowest BCUT2D eigenvalue weighted by atomic mass is 10.2. The van der Waals surface area contributed by atoms with E-state index in [1.807, 2.05) is 6.92 Å². The fourth-order valence-electron chi connectivity index (χ4n) is 2.02. The summed E-state index contributed by atoms with van der Waals surface area (Å²) >= 11 is 9.44. The number of halogens is 2. The summed E-state index contributed by atoms with van der Waals surface area (Å²) in [4.78, 5) is 4.38. The number of fused-ring (bicyclic) bond motifs is 1. The van der Waals surface area contributed by atoms with Crippen LogP contribution in [-0.4, -0.2) is 17.4 Å². The van der Waals surface area contributed by atoms with Crippen LogP contribution in [0.4, 0.5) is 0 Å². The molecule has 0 atom stereocenters. The lowest BCUT2D eigenvalue weighted by molar-refractivity contribution is 0.588. The molecule has 3 rings (SSSR count). The van der Waals surface area contributed by atoms with Gasteiger partial charge in [0.15, 0.2) is 5.65 Å². The van der Waals surface area contributed by atoms with E-state index in [1.54, 1.807) is 30.3 Å². The van der Waals surface area contributed by atoms with Crippen LogP contribution in [-0.2, 0) is 10.0 Å². The van der Waals surface area contributed by atoms with E-state index in [0.717, 1.165) is 9.54 Å². The van der Waals surface area contributed by atoms with Gasteiger partial charge in [-0.2, -0.15) is 0 Å². The molecule has 4 nitrogen and oxygen atoms in total. The summed E-state index contributed by atoms with van der Waals surface area (Å²) < 4.78 is 27.1. The predicted octanol–water partition coefficient (Wildman–Crippen LogP) is 4.00. The zero-order chi connectivity index (χ0) is 15.2. The molecule has 0 bridgehead atoms. The molecule has 0 unspecified atom stereocenters. The lowest BCUT2D eigenvalue weighted by Gasteiger charge is -2.07. The third-order valence-corrected chi connectivity index (χ3v) is 6.07. The maximum Gasteiger partial charge on any atom is 0.269 e. The third-order valence-electron chi connectivity index (χ3n) is 3.15. The van der Waals surface area contributed by atoms with Gasteiger partial charge >= 0.3 is 0 Å². The zero-order valence-corrected chi connectivity index (χ0v) is 14.1. The van der Waals surface area contributed by atoms with Gasteiger partial charge in [0.05, 0.1) is 14.4 Å². The molecule has 21 heavy (non-hydrogen) atoms. The third kappa shape index (κ3) is 2.37. The summed E-state index contributed by atoms with van der Waals surface area (Å²) in [6, 6.07) is 8.32. The Kier molecular flexibility index (Phi) is 3.55. The molecule has 2 heterocycles. The van der Waals surface area contributed by atoms with Gasteiger partial charge in [0.25, 0.3) is 10.0 Å². The molecule has 0 saturated heterocycles. The van der Waals surface area contributed by atoms with Crippen LogP contribution in [0.3, 0.4) is 0 Å². The molecule has 0 radical (unpaired) electrons. The molecule has 2 aromatic heterocycles. The van der Waals surface area contributed by atoms with Gasteiger partial charge in [-0.25, -0.2) is 17.4 Å². The average molecular weight is 386 g/mol. The van der Waals surface area contributed by atoms with Crippen molar-refractivity contribution in [3.63, 3.8) is 0 Å². The van der Waals surface area contributed by atoms with Crippen molar-refractivity contribution in [3.05, 3.63) is 57.8 Å². The van der Waals surface area contributed by atoms with Crippen molar-refractivity contribution >= 4 is 48.6 Å². The smallest absolute Gasteiger partial charge is 0.236 e. The first-order chi connectivity index (χ1) is 9.91. The normalized spacial score (nSPS) is 12.0. The van der Waals surface area contributed by atoms with Crippen LogP contribution in [0.5, 0.6) is 0 Å². The summed E-state index contributed by atoms with van der Waals surface area (Å²) in [5.74, 6) is 0. The SMILES string of the molecule is Cc1ccc(S(=O)(=O)n2ccc3c(Cl)c(Br)cnc32)cc1. The summed E-state index contributed by atoms with van der Waals surface area (Å²) in [7, 11) is -3.69. The zero-order valence-electron chi connectivity index (χ0n) is 10.9. The van der Waals surface area contributed by atoms with Crippen LogP contribution in [0.2, 0.25) is 5.02 Å². The Morgan fingerprint density at radius 1 is 1.19 bits per heavy atom. The Hall–Kier alpha value is -1.37. The minimum atomic E-state index is -3.69. The van der Waals surface area contributed by atoms with E-state index in [0.29, 0.717) is 20.5 Å². The second-order valence-electron chi connectivity index (χ2n) is 4.59. The van der Waals surface area contributed by atoms with Crippen molar-refractivity contribution in [3.8, 4) is 0 Å². The first kappa shape index (κ1) is 14.6. The van der Waals surface area contributed by atoms with E-state index >= 15 is 0 Å². The van der Waals surface area contributed by atoms with Crippen molar-refractivity contribution in [2.24, 2.45) is 0 Å². The van der Waals surface area contributed by atoms with Gasteiger partial charge in [-0.15, -0.1) is 0 Å². The van der Waals surface area contributed by atoms with Gasteiger partial charge in [-0.05, 0) is 41.1 Å². The second kappa shape index (κ2) is 5.12. The Balaban J connectivity index is 2.25. The fraction of sp³-hybridized carbons (Fsp3) is 0.0714. The van der Waals surface area contributed by atoms with Crippen LogP contribution in [0, 0.1) is 6.92 Å². The number of aromatic nitrogens is 2. The van der Waals surface area contributed by atoms with E-state index in [2.05, 4.69) is 20.9 Å². The average Bonchev–Trinajstić information content (AvgIpc) is 2.89. The molecule has 0 aliphatic rings. The molecule has 108 valence electrons. The van der Waals surface area contributed by atoms with Gasteiger partial charge in [0.2, 0.25) is 0 Å².